The summed E-state index contributed by atoms with van der Waals surface area (Å²) in [6.45, 7) is 8.26. The second-order valence-electron chi connectivity index (χ2n) is 9.48. The van der Waals surface area contributed by atoms with Gasteiger partial charge in [-0.15, -0.1) is 0 Å². The van der Waals surface area contributed by atoms with Crippen LogP contribution >= 0.6 is 0 Å². The van der Waals surface area contributed by atoms with Crippen molar-refractivity contribution in [2.75, 3.05) is 11.5 Å². The molecule has 3 rings (SSSR count). The van der Waals surface area contributed by atoms with Crippen LogP contribution in [0.2, 0.25) is 0 Å². The van der Waals surface area contributed by atoms with Crippen molar-refractivity contribution in [1.82, 2.24) is 9.97 Å². The SMILES string of the molecule is CCOC(=O)N1c2ccc(C(F)(F)F)cc2[C@@H](c2ncc(O)c(C(=O)OC(C)(C)C)n2)C[C@@]1(N)CC. The third-order valence-corrected chi connectivity index (χ3v) is 5.73. The molecule has 196 valence electrons. The van der Waals surface area contributed by atoms with Crippen molar-refractivity contribution in [2.24, 2.45) is 5.73 Å². The van der Waals surface area contributed by atoms with Gasteiger partial charge in [0.05, 0.1) is 24.1 Å². The van der Waals surface area contributed by atoms with E-state index < -0.39 is 52.4 Å². The average Bonchev–Trinajstić information content (AvgIpc) is 2.76. The number of nitrogens with zero attached hydrogens (tertiary/aromatic N) is 3. The summed E-state index contributed by atoms with van der Waals surface area (Å²) in [6, 6.07) is 2.92. The van der Waals surface area contributed by atoms with Crippen LogP contribution in [0.4, 0.5) is 23.7 Å². The van der Waals surface area contributed by atoms with Crippen LogP contribution in [0.3, 0.4) is 0 Å². The molecule has 36 heavy (non-hydrogen) atoms. The smallest absolute Gasteiger partial charge is 0.416 e. The minimum Gasteiger partial charge on any atom is -0.504 e. The molecule has 0 saturated carbocycles. The van der Waals surface area contributed by atoms with Gasteiger partial charge in [-0.3, -0.25) is 4.90 Å². The molecule has 0 bridgehead atoms. The van der Waals surface area contributed by atoms with Gasteiger partial charge in [-0.05, 0) is 64.3 Å². The van der Waals surface area contributed by atoms with Crippen LogP contribution < -0.4 is 10.6 Å². The molecule has 2 aromatic rings. The normalized spacial score (nSPS) is 20.0. The van der Waals surface area contributed by atoms with Crippen molar-refractivity contribution < 1.29 is 37.3 Å². The number of esters is 1. The number of halogens is 3. The number of amides is 1. The number of benzene rings is 1. The molecule has 0 fully saturated rings. The lowest BCUT2D eigenvalue weighted by atomic mass is 9.80. The number of rotatable bonds is 4. The Kier molecular flexibility index (Phi) is 7.22. The van der Waals surface area contributed by atoms with Crippen molar-refractivity contribution in [1.29, 1.82) is 0 Å². The Balaban J connectivity index is 2.22. The molecule has 9 nitrogen and oxygen atoms in total. The number of carbonyl (C=O) groups is 2. The second-order valence-corrected chi connectivity index (χ2v) is 9.48. The topological polar surface area (TPSA) is 128 Å². The number of ether oxygens (including phenoxy) is 2. The summed E-state index contributed by atoms with van der Waals surface area (Å²) in [5.41, 5.74) is 3.18. The van der Waals surface area contributed by atoms with Gasteiger partial charge in [0.2, 0.25) is 0 Å². The van der Waals surface area contributed by atoms with E-state index >= 15 is 0 Å². The first kappa shape index (κ1) is 27.2. The molecule has 2 atom stereocenters. The van der Waals surface area contributed by atoms with Gasteiger partial charge in [0.1, 0.15) is 17.1 Å². The Morgan fingerprint density at radius 2 is 1.92 bits per heavy atom. The van der Waals surface area contributed by atoms with Gasteiger partial charge in [0, 0.05) is 5.92 Å². The maximum Gasteiger partial charge on any atom is 0.416 e. The number of hydrogen-bond acceptors (Lipinski definition) is 8. The number of hydrogen-bond donors (Lipinski definition) is 2. The first-order valence-corrected chi connectivity index (χ1v) is 11.4. The number of nitrogens with two attached hydrogens (primary N) is 1. The van der Waals surface area contributed by atoms with Gasteiger partial charge >= 0.3 is 18.2 Å². The molecule has 1 aliphatic rings. The molecule has 1 amide bonds. The van der Waals surface area contributed by atoms with Crippen molar-refractivity contribution in [3.05, 3.63) is 47.0 Å². The lowest BCUT2D eigenvalue weighted by molar-refractivity contribution is -0.137. The number of aromatic nitrogens is 2. The van der Waals surface area contributed by atoms with Gasteiger partial charge in [-0.1, -0.05) is 6.92 Å². The van der Waals surface area contributed by atoms with Crippen LogP contribution in [0.1, 0.15) is 80.8 Å². The van der Waals surface area contributed by atoms with Crippen LogP contribution in [0.15, 0.2) is 24.4 Å². The highest BCUT2D eigenvalue weighted by molar-refractivity contribution is 5.92. The fourth-order valence-corrected chi connectivity index (χ4v) is 4.04. The van der Waals surface area contributed by atoms with Crippen LogP contribution in [-0.2, 0) is 15.7 Å². The summed E-state index contributed by atoms with van der Waals surface area (Å²) in [6.07, 6.45) is -4.33. The number of carbonyl (C=O) groups excluding carboxylic acids is 2. The van der Waals surface area contributed by atoms with Crippen molar-refractivity contribution in [2.45, 2.75) is 70.8 Å². The highest BCUT2D eigenvalue weighted by Crippen LogP contribution is 2.47. The predicted octanol–water partition coefficient (Wildman–Crippen LogP) is 4.72. The highest BCUT2D eigenvalue weighted by Gasteiger charge is 2.47. The quantitative estimate of drug-likeness (QED) is 0.566. The lowest BCUT2D eigenvalue weighted by Crippen LogP contribution is -2.61. The zero-order valence-corrected chi connectivity index (χ0v) is 20.6. The van der Waals surface area contributed by atoms with Crippen LogP contribution in [0, 0.1) is 0 Å². The molecule has 1 aromatic heterocycles. The molecule has 0 aliphatic carbocycles. The zero-order valence-electron chi connectivity index (χ0n) is 20.6. The van der Waals surface area contributed by atoms with E-state index in [-0.39, 0.29) is 36.5 Å². The predicted molar refractivity (Wildman–Crippen MR) is 123 cm³/mol. The zero-order chi connectivity index (χ0) is 27.1. The van der Waals surface area contributed by atoms with Gasteiger partial charge in [0.15, 0.2) is 11.4 Å². The van der Waals surface area contributed by atoms with E-state index in [1.807, 2.05) is 0 Å². The fourth-order valence-electron chi connectivity index (χ4n) is 4.04. The Morgan fingerprint density at radius 1 is 1.25 bits per heavy atom. The lowest BCUT2D eigenvalue weighted by Gasteiger charge is -2.46. The summed E-state index contributed by atoms with van der Waals surface area (Å²) < 4.78 is 51.3. The Labute approximate surface area is 206 Å². The molecule has 12 heteroatoms. The van der Waals surface area contributed by atoms with Crippen LogP contribution in [0.5, 0.6) is 5.75 Å². The van der Waals surface area contributed by atoms with E-state index in [0.29, 0.717) is 0 Å². The molecule has 3 N–H and O–H groups in total. The van der Waals surface area contributed by atoms with E-state index in [4.69, 9.17) is 15.2 Å². The standard InChI is InChI=1S/C24H29F3N4O5/c1-6-23(28)11-15(19-29-12-17(32)18(30-19)20(33)36-22(3,4)5)14-10-13(24(25,26)27)8-9-16(14)31(23)21(34)35-7-2/h8-10,12,15,32H,6-7,11,28H2,1-5H3/t15-,23+/m0/s1. The Morgan fingerprint density at radius 3 is 2.47 bits per heavy atom. The van der Waals surface area contributed by atoms with Crippen molar-refractivity contribution >= 4 is 17.7 Å². The molecule has 0 radical (unpaired) electrons. The van der Waals surface area contributed by atoms with E-state index in [9.17, 15) is 27.9 Å². The van der Waals surface area contributed by atoms with Crippen LogP contribution in [-0.4, -0.2) is 45.0 Å². The van der Waals surface area contributed by atoms with Gasteiger partial charge in [-0.25, -0.2) is 19.6 Å². The fraction of sp³-hybridized carbons (Fsp3) is 0.500. The minimum atomic E-state index is -4.66. The van der Waals surface area contributed by atoms with Crippen LogP contribution in [0.25, 0.3) is 0 Å². The van der Waals surface area contributed by atoms with E-state index in [1.54, 1.807) is 34.6 Å². The maximum absolute atomic E-state index is 13.6. The highest BCUT2D eigenvalue weighted by atomic mass is 19.4. The number of anilines is 1. The summed E-state index contributed by atoms with van der Waals surface area (Å²) in [5.74, 6) is -2.47. The molecular formula is C24H29F3N4O5. The summed E-state index contributed by atoms with van der Waals surface area (Å²) in [7, 11) is 0. The van der Waals surface area contributed by atoms with Crippen molar-refractivity contribution in [3.8, 4) is 5.75 Å². The van der Waals surface area contributed by atoms with Crippen molar-refractivity contribution in [3.63, 3.8) is 0 Å². The summed E-state index contributed by atoms with van der Waals surface area (Å²) in [4.78, 5) is 34.9. The molecule has 0 saturated heterocycles. The number of aromatic hydroxyl groups is 1. The minimum absolute atomic E-state index is 0.0366. The third kappa shape index (κ3) is 5.38. The largest absolute Gasteiger partial charge is 0.504 e. The first-order chi connectivity index (χ1) is 16.6. The van der Waals surface area contributed by atoms with Gasteiger partial charge < -0.3 is 20.3 Å². The van der Waals surface area contributed by atoms with Gasteiger partial charge in [0.25, 0.3) is 0 Å². The molecule has 1 aliphatic heterocycles. The molecular weight excluding hydrogens is 481 g/mol. The Bertz CT molecular complexity index is 1170. The maximum atomic E-state index is 13.6. The molecule has 0 unspecified atom stereocenters. The summed E-state index contributed by atoms with van der Waals surface area (Å²) in [5, 5.41) is 10.2. The van der Waals surface area contributed by atoms with Gasteiger partial charge in [-0.2, -0.15) is 13.2 Å². The molecule has 0 spiro atoms. The molecule has 2 heterocycles. The number of alkyl halides is 3. The Hall–Kier alpha value is -3.41. The second kappa shape index (κ2) is 9.57. The van der Waals surface area contributed by atoms with E-state index in [0.717, 1.165) is 29.3 Å². The number of fused-ring (bicyclic) bond motifs is 1. The third-order valence-electron chi connectivity index (χ3n) is 5.73. The average molecular weight is 511 g/mol. The summed E-state index contributed by atoms with van der Waals surface area (Å²) >= 11 is 0. The van der Waals surface area contributed by atoms with E-state index in [1.165, 1.54) is 0 Å². The molecule has 1 aromatic carbocycles. The first-order valence-electron chi connectivity index (χ1n) is 11.4. The monoisotopic (exact) mass is 510 g/mol. The van der Waals surface area contributed by atoms with E-state index in [2.05, 4.69) is 9.97 Å².